The van der Waals surface area contributed by atoms with Crippen LogP contribution in [-0.4, -0.2) is 25.7 Å². The summed E-state index contributed by atoms with van der Waals surface area (Å²) in [4.78, 5) is 3.87. The molecule has 4 nitrogen and oxygen atoms in total. The normalized spacial score (nSPS) is 11.7. The molecule has 0 bridgehead atoms. The van der Waals surface area contributed by atoms with Crippen molar-refractivity contribution < 1.29 is 8.42 Å². The average Bonchev–Trinajstić information content (AvgIpc) is 2.17. The number of hydrogen-bond donors (Lipinski definition) is 0. The monoisotopic (exact) mass is 214 g/mol. The number of rotatable bonds is 3. The fourth-order valence-corrected chi connectivity index (χ4v) is 2.04. The molecule has 0 spiro atoms. The number of aromatic nitrogens is 1. The van der Waals surface area contributed by atoms with Crippen LogP contribution in [-0.2, 0) is 10.0 Å². The summed E-state index contributed by atoms with van der Waals surface area (Å²) in [5, 5.41) is -0.423. The molecule has 0 unspecified atom stereocenters. The van der Waals surface area contributed by atoms with E-state index in [0.717, 1.165) is 0 Å². The minimum atomic E-state index is -3.24. The van der Waals surface area contributed by atoms with E-state index in [0.29, 0.717) is 5.69 Å². The summed E-state index contributed by atoms with van der Waals surface area (Å²) < 4.78 is 24.7. The first-order chi connectivity index (χ1) is 6.46. The van der Waals surface area contributed by atoms with Gasteiger partial charge in [-0.2, -0.15) is 0 Å². The van der Waals surface area contributed by atoms with Crippen LogP contribution >= 0.6 is 0 Å². The summed E-state index contributed by atoms with van der Waals surface area (Å²) in [7, 11) is -1.70. The Labute approximate surface area is 84.6 Å². The molecule has 14 heavy (non-hydrogen) atoms. The lowest BCUT2D eigenvalue weighted by Gasteiger charge is -2.21. The van der Waals surface area contributed by atoms with Gasteiger partial charge in [-0.05, 0) is 26.0 Å². The lowest BCUT2D eigenvalue weighted by atomic mass is 10.4. The number of hydrogen-bond acceptors (Lipinski definition) is 3. The Kier molecular flexibility index (Phi) is 3.10. The summed E-state index contributed by atoms with van der Waals surface area (Å²) >= 11 is 0. The Morgan fingerprint density at radius 1 is 1.43 bits per heavy atom. The third kappa shape index (κ3) is 2.04. The Morgan fingerprint density at radius 2 is 2.07 bits per heavy atom. The summed E-state index contributed by atoms with van der Waals surface area (Å²) in [5.41, 5.74) is 0.584. The van der Waals surface area contributed by atoms with Crippen molar-refractivity contribution >= 4 is 15.7 Å². The molecule has 0 atom stereocenters. The van der Waals surface area contributed by atoms with Gasteiger partial charge >= 0.3 is 0 Å². The fourth-order valence-electron chi connectivity index (χ4n) is 1.00. The van der Waals surface area contributed by atoms with Crippen LogP contribution < -0.4 is 4.31 Å². The molecule has 0 N–H and O–H groups in total. The third-order valence-corrected chi connectivity index (χ3v) is 4.15. The van der Waals surface area contributed by atoms with Crippen molar-refractivity contribution in [3.05, 3.63) is 24.5 Å². The van der Waals surface area contributed by atoms with Gasteiger partial charge in [-0.15, -0.1) is 0 Å². The predicted octanol–water partition coefficient (Wildman–Crippen LogP) is 1.26. The van der Waals surface area contributed by atoms with E-state index in [2.05, 4.69) is 4.98 Å². The zero-order valence-electron chi connectivity index (χ0n) is 8.51. The quantitative estimate of drug-likeness (QED) is 0.761. The Hall–Kier alpha value is -1.10. The lowest BCUT2D eigenvalue weighted by molar-refractivity contribution is 0.585. The van der Waals surface area contributed by atoms with Crippen molar-refractivity contribution in [1.82, 2.24) is 4.98 Å². The van der Waals surface area contributed by atoms with Gasteiger partial charge in [0.05, 0.1) is 17.1 Å². The maximum absolute atomic E-state index is 11.7. The molecule has 0 aromatic carbocycles. The van der Waals surface area contributed by atoms with Crippen LogP contribution in [0.3, 0.4) is 0 Å². The highest BCUT2D eigenvalue weighted by molar-refractivity contribution is 7.93. The van der Waals surface area contributed by atoms with Crippen molar-refractivity contribution in [2.75, 3.05) is 11.4 Å². The van der Waals surface area contributed by atoms with Gasteiger partial charge in [0.1, 0.15) is 0 Å². The Morgan fingerprint density at radius 3 is 2.50 bits per heavy atom. The number of pyridine rings is 1. The summed E-state index contributed by atoms with van der Waals surface area (Å²) in [6.07, 6.45) is 3.14. The van der Waals surface area contributed by atoms with Crippen molar-refractivity contribution in [2.24, 2.45) is 0 Å². The zero-order chi connectivity index (χ0) is 10.8. The first-order valence-electron chi connectivity index (χ1n) is 4.34. The van der Waals surface area contributed by atoms with E-state index in [1.165, 1.54) is 17.5 Å². The molecule has 0 saturated carbocycles. The SMILES string of the molecule is CC(C)S(=O)(=O)N(C)c1cccnc1. The summed E-state index contributed by atoms with van der Waals surface area (Å²) in [5.74, 6) is 0. The highest BCUT2D eigenvalue weighted by Gasteiger charge is 2.22. The van der Waals surface area contributed by atoms with E-state index < -0.39 is 15.3 Å². The first kappa shape index (κ1) is 11.0. The third-order valence-electron chi connectivity index (χ3n) is 1.99. The number of anilines is 1. The molecule has 0 fully saturated rings. The average molecular weight is 214 g/mol. The van der Waals surface area contributed by atoms with Gasteiger partial charge in [0.2, 0.25) is 10.0 Å². The van der Waals surface area contributed by atoms with Crippen LogP contribution in [0.4, 0.5) is 5.69 Å². The van der Waals surface area contributed by atoms with Crippen LogP contribution in [0.2, 0.25) is 0 Å². The smallest absolute Gasteiger partial charge is 0.237 e. The molecule has 1 aromatic rings. The minimum Gasteiger partial charge on any atom is -0.272 e. The summed E-state index contributed by atoms with van der Waals surface area (Å²) in [6.45, 7) is 3.31. The molecule has 0 saturated heterocycles. The van der Waals surface area contributed by atoms with Crippen LogP contribution in [0.1, 0.15) is 13.8 Å². The largest absolute Gasteiger partial charge is 0.272 e. The molecule has 1 aromatic heterocycles. The second-order valence-corrected chi connectivity index (χ2v) is 5.79. The molecule has 0 amide bonds. The van der Waals surface area contributed by atoms with Gasteiger partial charge in [0.25, 0.3) is 0 Å². The highest BCUT2D eigenvalue weighted by atomic mass is 32.2. The molecule has 5 heteroatoms. The van der Waals surface area contributed by atoms with E-state index in [9.17, 15) is 8.42 Å². The van der Waals surface area contributed by atoms with Crippen molar-refractivity contribution in [3.8, 4) is 0 Å². The second-order valence-electron chi connectivity index (χ2n) is 3.27. The Balaban J connectivity index is 3.03. The predicted molar refractivity (Wildman–Crippen MR) is 56.7 cm³/mol. The first-order valence-corrected chi connectivity index (χ1v) is 5.84. The molecule has 1 heterocycles. The van der Waals surface area contributed by atoms with Crippen molar-refractivity contribution in [3.63, 3.8) is 0 Å². The molecule has 0 aliphatic heterocycles. The molecular formula is C9H14N2O2S. The van der Waals surface area contributed by atoms with E-state index in [4.69, 9.17) is 0 Å². The highest BCUT2D eigenvalue weighted by Crippen LogP contribution is 2.16. The van der Waals surface area contributed by atoms with E-state index in [1.54, 1.807) is 32.2 Å². The second kappa shape index (κ2) is 3.96. The maximum Gasteiger partial charge on any atom is 0.237 e. The Bertz CT molecular complexity index is 387. The van der Waals surface area contributed by atoms with Crippen molar-refractivity contribution in [1.29, 1.82) is 0 Å². The van der Waals surface area contributed by atoms with Gasteiger partial charge in [-0.1, -0.05) is 0 Å². The molecular weight excluding hydrogens is 200 g/mol. The van der Waals surface area contributed by atoms with Gasteiger partial charge in [0.15, 0.2) is 0 Å². The van der Waals surface area contributed by atoms with Crippen LogP contribution in [0, 0.1) is 0 Å². The number of nitrogens with zero attached hydrogens (tertiary/aromatic N) is 2. The molecule has 0 aliphatic carbocycles. The van der Waals surface area contributed by atoms with E-state index >= 15 is 0 Å². The van der Waals surface area contributed by atoms with Crippen LogP contribution in [0.15, 0.2) is 24.5 Å². The maximum atomic E-state index is 11.7. The molecule has 1 rings (SSSR count). The summed E-state index contributed by atoms with van der Waals surface area (Å²) in [6, 6.07) is 3.43. The molecule has 0 radical (unpaired) electrons. The zero-order valence-corrected chi connectivity index (χ0v) is 9.32. The lowest BCUT2D eigenvalue weighted by Crippen LogP contribution is -2.32. The van der Waals surface area contributed by atoms with Gasteiger partial charge in [-0.25, -0.2) is 8.42 Å². The number of sulfonamides is 1. The minimum absolute atomic E-state index is 0.423. The van der Waals surface area contributed by atoms with Crippen LogP contribution in [0.5, 0.6) is 0 Å². The van der Waals surface area contributed by atoms with Gasteiger partial charge < -0.3 is 0 Å². The fraction of sp³-hybridized carbons (Fsp3) is 0.444. The van der Waals surface area contributed by atoms with Gasteiger partial charge in [-0.3, -0.25) is 9.29 Å². The molecule has 78 valence electrons. The van der Waals surface area contributed by atoms with Gasteiger partial charge in [0, 0.05) is 13.2 Å². The topological polar surface area (TPSA) is 50.3 Å². The van der Waals surface area contributed by atoms with E-state index in [1.807, 2.05) is 0 Å². The molecule has 0 aliphatic rings. The van der Waals surface area contributed by atoms with Crippen LogP contribution in [0.25, 0.3) is 0 Å². The van der Waals surface area contributed by atoms with Crippen molar-refractivity contribution in [2.45, 2.75) is 19.1 Å². The standard InChI is InChI=1S/C9H14N2O2S/c1-8(2)14(12,13)11(3)9-5-4-6-10-7-9/h4-8H,1-3H3. The van der Waals surface area contributed by atoms with E-state index in [-0.39, 0.29) is 0 Å².